The van der Waals surface area contributed by atoms with Gasteiger partial charge >= 0.3 is 0 Å². The van der Waals surface area contributed by atoms with Gasteiger partial charge in [-0.2, -0.15) is 0 Å². The standard InChI is InChI=1S/C22H29N7O/c1-22(2,3)29-21(24-25-26-29)20(19-10-5-6-11-23-19)28-14-12-27(13-15-28)17-8-7-9-18(16-17)30-4/h5-11,16,20H,12-15H2,1-4H3/t20-/m1/s1. The lowest BCUT2D eigenvalue weighted by Gasteiger charge is -2.40. The number of benzene rings is 1. The van der Waals surface area contributed by atoms with Crippen molar-refractivity contribution in [2.75, 3.05) is 38.2 Å². The monoisotopic (exact) mass is 407 g/mol. The van der Waals surface area contributed by atoms with E-state index < -0.39 is 0 Å². The molecule has 2 aromatic heterocycles. The summed E-state index contributed by atoms with van der Waals surface area (Å²) in [6.45, 7) is 9.93. The van der Waals surface area contributed by atoms with Crippen molar-refractivity contribution in [2.24, 2.45) is 0 Å². The first kappa shape index (κ1) is 20.3. The van der Waals surface area contributed by atoms with Gasteiger partial charge in [0.1, 0.15) is 11.8 Å². The Hall–Kier alpha value is -3.00. The Morgan fingerprint density at radius 3 is 2.47 bits per heavy atom. The number of piperazine rings is 1. The summed E-state index contributed by atoms with van der Waals surface area (Å²) in [5.41, 5.74) is 1.93. The molecule has 0 unspecified atom stereocenters. The number of hydrogen-bond donors (Lipinski definition) is 0. The zero-order valence-corrected chi connectivity index (χ0v) is 18.1. The second-order valence-electron chi connectivity index (χ2n) is 8.50. The summed E-state index contributed by atoms with van der Waals surface area (Å²) in [4.78, 5) is 9.47. The van der Waals surface area contributed by atoms with E-state index in [-0.39, 0.29) is 11.6 Å². The van der Waals surface area contributed by atoms with Crippen molar-refractivity contribution in [3.05, 3.63) is 60.2 Å². The van der Waals surface area contributed by atoms with E-state index in [0.717, 1.165) is 43.4 Å². The molecule has 8 heteroatoms. The van der Waals surface area contributed by atoms with E-state index >= 15 is 0 Å². The minimum absolute atomic E-state index is 0.0899. The van der Waals surface area contributed by atoms with E-state index in [4.69, 9.17) is 4.74 Å². The molecule has 0 spiro atoms. The molecular formula is C22H29N7O. The Morgan fingerprint density at radius 1 is 1.00 bits per heavy atom. The highest BCUT2D eigenvalue weighted by Gasteiger charge is 2.34. The van der Waals surface area contributed by atoms with Gasteiger partial charge in [-0.25, -0.2) is 4.68 Å². The summed E-state index contributed by atoms with van der Waals surface area (Å²) in [6.07, 6.45) is 1.83. The summed E-state index contributed by atoms with van der Waals surface area (Å²) < 4.78 is 7.30. The lowest BCUT2D eigenvalue weighted by molar-refractivity contribution is 0.188. The highest BCUT2D eigenvalue weighted by molar-refractivity contribution is 5.51. The highest BCUT2D eigenvalue weighted by Crippen LogP contribution is 2.30. The van der Waals surface area contributed by atoms with Crippen LogP contribution in [-0.4, -0.2) is 63.4 Å². The molecule has 0 saturated carbocycles. The van der Waals surface area contributed by atoms with Crippen LogP contribution in [0.25, 0.3) is 0 Å². The molecule has 1 fully saturated rings. The summed E-state index contributed by atoms with van der Waals surface area (Å²) in [5, 5.41) is 12.7. The maximum atomic E-state index is 5.39. The van der Waals surface area contributed by atoms with Crippen LogP contribution in [0.3, 0.4) is 0 Å². The predicted molar refractivity (Wildman–Crippen MR) is 116 cm³/mol. The molecular weight excluding hydrogens is 378 g/mol. The largest absolute Gasteiger partial charge is 0.497 e. The SMILES string of the molecule is COc1cccc(N2CCN([C@H](c3ccccn3)c3nnnn3C(C)(C)C)CC2)c1. The summed E-state index contributed by atoms with van der Waals surface area (Å²) in [5.74, 6) is 1.71. The molecule has 4 rings (SSSR count). The fourth-order valence-corrected chi connectivity index (χ4v) is 3.91. The third-order valence-electron chi connectivity index (χ3n) is 5.44. The fraction of sp³-hybridized carbons (Fsp3) is 0.455. The number of anilines is 1. The Labute approximate surface area is 177 Å². The minimum atomic E-state index is -0.214. The van der Waals surface area contributed by atoms with Gasteiger partial charge in [-0.3, -0.25) is 9.88 Å². The van der Waals surface area contributed by atoms with Gasteiger partial charge in [0.2, 0.25) is 0 Å². The topological polar surface area (TPSA) is 72.2 Å². The van der Waals surface area contributed by atoms with Gasteiger partial charge in [-0.1, -0.05) is 12.1 Å². The predicted octanol–water partition coefficient (Wildman–Crippen LogP) is 2.74. The van der Waals surface area contributed by atoms with Gasteiger partial charge in [0.15, 0.2) is 5.82 Å². The van der Waals surface area contributed by atoms with Gasteiger partial charge in [0.05, 0.1) is 18.3 Å². The molecule has 8 nitrogen and oxygen atoms in total. The molecule has 158 valence electrons. The van der Waals surface area contributed by atoms with Crippen LogP contribution in [0.15, 0.2) is 48.7 Å². The van der Waals surface area contributed by atoms with Crippen LogP contribution in [-0.2, 0) is 5.54 Å². The second-order valence-corrected chi connectivity index (χ2v) is 8.50. The van der Waals surface area contributed by atoms with E-state index in [1.165, 1.54) is 5.69 Å². The third-order valence-corrected chi connectivity index (χ3v) is 5.44. The number of tetrazole rings is 1. The second kappa shape index (κ2) is 8.39. The number of hydrogen-bond acceptors (Lipinski definition) is 7. The number of nitrogens with zero attached hydrogens (tertiary/aromatic N) is 7. The first-order valence-corrected chi connectivity index (χ1v) is 10.3. The first-order valence-electron chi connectivity index (χ1n) is 10.3. The van der Waals surface area contributed by atoms with Crippen molar-refractivity contribution in [3.63, 3.8) is 0 Å². The van der Waals surface area contributed by atoms with Crippen molar-refractivity contribution < 1.29 is 4.74 Å². The molecule has 0 radical (unpaired) electrons. The van der Waals surface area contributed by atoms with E-state index in [0.29, 0.717) is 0 Å². The minimum Gasteiger partial charge on any atom is -0.497 e. The van der Waals surface area contributed by atoms with E-state index in [1.54, 1.807) is 7.11 Å². The summed E-state index contributed by atoms with van der Waals surface area (Å²) >= 11 is 0. The molecule has 3 heterocycles. The number of rotatable bonds is 5. The van der Waals surface area contributed by atoms with Crippen molar-refractivity contribution >= 4 is 5.69 Å². The van der Waals surface area contributed by atoms with E-state index in [1.807, 2.05) is 35.1 Å². The van der Waals surface area contributed by atoms with Gasteiger partial charge in [0.25, 0.3) is 0 Å². The Balaban J connectivity index is 1.60. The van der Waals surface area contributed by atoms with Gasteiger partial charge in [-0.15, -0.1) is 5.10 Å². The molecule has 1 atom stereocenters. The van der Waals surface area contributed by atoms with Gasteiger partial charge in [0, 0.05) is 44.1 Å². The Morgan fingerprint density at radius 2 is 1.80 bits per heavy atom. The first-order chi connectivity index (χ1) is 14.5. The zero-order valence-electron chi connectivity index (χ0n) is 18.1. The maximum Gasteiger partial charge on any atom is 0.175 e. The Kier molecular flexibility index (Phi) is 5.67. The molecule has 0 aliphatic carbocycles. The zero-order chi connectivity index (χ0) is 21.1. The number of ether oxygens (including phenoxy) is 1. The van der Waals surface area contributed by atoms with Crippen LogP contribution in [0.4, 0.5) is 5.69 Å². The van der Waals surface area contributed by atoms with Crippen LogP contribution in [0.1, 0.15) is 38.3 Å². The normalized spacial score (nSPS) is 16.5. The summed E-state index contributed by atoms with van der Waals surface area (Å²) in [7, 11) is 1.70. The van der Waals surface area contributed by atoms with Crippen LogP contribution in [0.5, 0.6) is 5.75 Å². The van der Waals surface area contributed by atoms with Crippen LogP contribution in [0, 0.1) is 0 Å². The molecule has 0 N–H and O–H groups in total. The van der Waals surface area contributed by atoms with Crippen LogP contribution in [0.2, 0.25) is 0 Å². The average Bonchev–Trinajstić information content (AvgIpc) is 3.25. The molecule has 1 saturated heterocycles. The lowest BCUT2D eigenvalue weighted by Crippen LogP contribution is -2.49. The van der Waals surface area contributed by atoms with Crippen LogP contribution < -0.4 is 9.64 Å². The molecule has 1 aliphatic heterocycles. The molecule has 1 aromatic carbocycles. The number of pyridine rings is 1. The van der Waals surface area contributed by atoms with Crippen molar-refractivity contribution in [2.45, 2.75) is 32.4 Å². The molecule has 0 bridgehead atoms. The number of aromatic nitrogens is 5. The lowest BCUT2D eigenvalue weighted by atomic mass is 10.1. The molecule has 0 amide bonds. The molecule has 1 aliphatic rings. The molecule has 3 aromatic rings. The van der Waals surface area contributed by atoms with Crippen molar-refractivity contribution in [1.29, 1.82) is 0 Å². The van der Waals surface area contributed by atoms with E-state index in [2.05, 4.69) is 69.3 Å². The quantitative estimate of drug-likeness (QED) is 0.644. The third kappa shape index (κ3) is 4.14. The van der Waals surface area contributed by atoms with Crippen molar-refractivity contribution in [1.82, 2.24) is 30.1 Å². The van der Waals surface area contributed by atoms with Crippen molar-refractivity contribution in [3.8, 4) is 5.75 Å². The average molecular weight is 408 g/mol. The van der Waals surface area contributed by atoms with Gasteiger partial charge in [-0.05, 0) is 55.5 Å². The number of methoxy groups -OCH3 is 1. The summed E-state index contributed by atoms with van der Waals surface area (Å²) in [6, 6.07) is 14.2. The maximum absolute atomic E-state index is 5.39. The fourth-order valence-electron chi connectivity index (χ4n) is 3.91. The smallest absolute Gasteiger partial charge is 0.175 e. The molecule has 30 heavy (non-hydrogen) atoms. The van der Waals surface area contributed by atoms with Crippen LogP contribution >= 0.6 is 0 Å². The van der Waals surface area contributed by atoms with E-state index in [9.17, 15) is 0 Å². The highest BCUT2D eigenvalue weighted by atomic mass is 16.5. The van der Waals surface area contributed by atoms with Gasteiger partial charge < -0.3 is 9.64 Å². The Bertz CT molecular complexity index is 959.